The molecule has 18 heavy (non-hydrogen) atoms. The molecule has 1 rings (SSSR count). The van der Waals surface area contributed by atoms with Gasteiger partial charge in [0.1, 0.15) is 4.90 Å². The van der Waals surface area contributed by atoms with Gasteiger partial charge in [-0.2, -0.15) is 5.10 Å². The first-order valence-electron chi connectivity index (χ1n) is 5.29. The quantitative estimate of drug-likeness (QED) is 0.520. The third kappa shape index (κ3) is 3.17. The van der Waals surface area contributed by atoms with Crippen LogP contribution in [0.2, 0.25) is 0 Å². The van der Waals surface area contributed by atoms with Crippen LogP contribution in [0.4, 0.5) is 0 Å². The number of aromatic carboxylic acids is 1. The van der Waals surface area contributed by atoms with Gasteiger partial charge in [0.15, 0.2) is 5.69 Å². The van der Waals surface area contributed by atoms with Crippen molar-refractivity contribution in [3.8, 4) is 0 Å². The second kappa shape index (κ2) is 5.78. The Morgan fingerprint density at radius 3 is 2.78 bits per heavy atom. The number of carboxylic acid groups (broad SMARTS) is 1. The van der Waals surface area contributed by atoms with E-state index in [-0.39, 0.29) is 17.1 Å². The van der Waals surface area contributed by atoms with Crippen LogP contribution in [0.1, 0.15) is 29.5 Å². The minimum Gasteiger partial charge on any atom is -0.476 e. The van der Waals surface area contributed by atoms with Gasteiger partial charge in [-0.1, -0.05) is 12.2 Å². The fraction of sp³-hybridized carbons (Fsp3) is 0.400. The molecule has 0 radical (unpaired) electrons. The molecule has 3 N–H and O–H groups in total. The molecular formula is C10H15N3O4S. The Morgan fingerprint density at radius 1 is 1.56 bits per heavy atom. The lowest BCUT2D eigenvalue weighted by Crippen LogP contribution is -2.26. The first-order valence-corrected chi connectivity index (χ1v) is 6.77. The number of aryl methyl sites for hydroxylation is 1. The molecule has 0 saturated carbocycles. The Hall–Kier alpha value is -1.67. The molecule has 0 amide bonds. The van der Waals surface area contributed by atoms with Gasteiger partial charge in [-0.25, -0.2) is 17.9 Å². The van der Waals surface area contributed by atoms with Crippen molar-refractivity contribution >= 4 is 16.0 Å². The molecule has 0 saturated heterocycles. The number of rotatable bonds is 6. The average Bonchev–Trinajstić information content (AvgIpc) is 2.67. The van der Waals surface area contributed by atoms with Crippen molar-refractivity contribution in [3.05, 3.63) is 23.5 Å². The number of H-pyrrole nitrogens is 1. The maximum atomic E-state index is 11.9. The molecule has 8 heteroatoms. The summed E-state index contributed by atoms with van der Waals surface area (Å²) in [6.07, 6.45) is 4.15. The largest absolute Gasteiger partial charge is 0.476 e. The van der Waals surface area contributed by atoms with Gasteiger partial charge in [0, 0.05) is 6.54 Å². The summed E-state index contributed by atoms with van der Waals surface area (Å²) in [5.74, 6) is -1.38. The van der Waals surface area contributed by atoms with Crippen molar-refractivity contribution in [2.24, 2.45) is 0 Å². The number of hydrogen-bond donors (Lipinski definition) is 3. The molecule has 7 nitrogen and oxygen atoms in total. The van der Waals surface area contributed by atoms with Gasteiger partial charge in [0.25, 0.3) is 0 Å². The van der Waals surface area contributed by atoms with Crippen molar-refractivity contribution < 1.29 is 18.3 Å². The number of nitrogens with zero attached hydrogens (tertiary/aromatic N) is 1. The Balaban J connectivity index is 2.98. The lowest BCUT2D eigenvalue weighted by molar-refractivity contribution is 0.0686. The van der Waals surface area contributed by atoms with E-state index in [1.54, 1.807) is 6.08 Å². The number of carbonyl (C=O) groups is 1. The van der Waals surface area contributed by atoms with E-state index >= 15 is 0 Å². The molecule has 0 aliphatic heterocycles. The fourth-order valence-electron chi connectivity index (χ4n) is 1.41. The Kier molecular flexibility index (Phi) is 4.62. The van der Waals surface area contributed by atoms with E-state index in [1.165, 1.54) is 6.92 Å². The van der Waals surface area contributed by atoms with Crippen LogP contribution in [0, 0.1) is 6.92 Å². The van der Waals surface area contributed by atoms with Crippen LogP contribution in [-0.2, 0) is 10.0 Å². The van der Waals surface area contributed by atoms with Crippen LogP contribution in [-0.4, -0.2) is 36.2 Å². The minimum absolute atomic E-state index is 0.200. The zero-order chi connectivity index (χ0) is 13.8. The number of nitrogens with one attached hydrogen (secondary N) is 2. The first kappa shape index (κ1) is 14.4. The second-order valence-electron chi connectivity index (χ2n) is 3.59. The molecule has 1 heterocycles. The summed E-state index contributed by atoms with van der Waals surface area (Å²) in [6.45, 7) is 3.49. The maximum absolute atomic E-state index is 11.9. The monoisotopic (exact) mass is 273 g/mol. The van der Waals surface area contributed by atoms with Crippen LogP contribution in [0.25, 0.3) is 0 Å². The first-order chi connectivity index (χ1) is 8.40. The van der Waals surface area contributed by atoms with Crippen LogP contribution in [0.5, 0.6) is 0 Å². The molecule has 0 aliphatic rings. The summed E-state index contributed by atoms with van der Waals surface area (Å²) >= 11 is 0. The Morgan fingerprint density at radius 2 is 2.22 bits per heavy atom. The van der Waals surface area contributed by atoms with Crippen molar-refractivity contribution in [1.29, 1.82) is 0 Å². The molecule has 0 unspecified atom stereocenters. The molecule has 0 atom stereocenters. The standard InChI is InChI=1S/C10H15N3O4S/c1-3-4-5-6-11-18(16,17)9-7(2)12-13-8(9)10(14)15/h3-4,11H,5-6H2,1-2H3,(H,12,13)(H,14,15)/b4-3+. The van der Waals surface area contributed by atoms with Gasteiger partial charge in [-0.05, 0) is 20.3 Å². The van der Waals surface area contributed by atoms with Crippen molar-refractivity contribution in [3.63, 3.8) is 0 Å². The zero-order valence-electron chi connectivity index (χ0n) is 10.1. The summed E-state index contributed by atoms with van der Waals surface area (Å²) in [5, 5.41) is 14.7. The van der Waals surface area contributed by atoms with Gasteiger partial charge in [0.2, 0.25) is 10.0 Å². The van der Waals surface area contributed by atoms with E-state index in [0.717, 1.165) is 0 Å². The van der Waals surface area contributed by atoms with Crippen molar-refractivity contribution in [1.82, 2.24) is 14.9 Å². The van der Waals surface area contributed by atoms with Gasteiger partial charge in [-0.3, -0.25) is 5.10 Å². The Bertz CT molecular complexity index is 560. The smallest absolute Gasteiger partial charge is 0.357 e. The lowest BCUT2D eigenvalue weighted by atomic mass is 10.4. The highest BCUT2D eigenvalue weighted by atomic mass is 32.2. The van der Waals surface area contributed by atoms with Crippen molar-refractivity contribution in [2.45, 2.75) is 25.2 Å². The van der Waals surface area contributed by atoms with E-state index in [9.17, 15) is 13.2 Å². The highest BCUT2D eigenvalue weighted by molar-refractivity contribution is 7.89. The zero-order valence-corrected chi connectivity index (χ0v) is 10.9. The highest BCUT2D eigenvalue weighted by Crippen LogP contribution is 2.17. The van der Waals surface area contributed by atoms with Gasteiger partial charge in [0.05, 0.1) is 5.69 Å². The summed E-state index contributed by atoms with van der Waals surface area (Å²) in [4.78, 5) is 10.6. The third-order valence-corrected chi connectivity index (χ3v) is 3.82. The molecule has 0 aliphatic carbocycles. The van der Waals surface area contributed by atoms with Crippen LogP contribution in [0.3, 0.4) is 0 Å². The lowest BCUT2D eigenvalue weighted by Gasteiger charge is -2.05. The number of carboxylic acids is 1. The van der Waals surface area contributed by atoms with E-state index in [0.29, 0.717) is 6.42 Å². The number of aromatic amines is 1. The maximum Gasteiger partial charge on any atom is 0.357 e. The minimum atomic E-state index is -3.86. The van der Waals surface area contributed by atoms with Gasteiger partial charge in [-0.15, -0.1) is 0 Å². The van der Waals surface area contributed by atoms with Crippen molar-refractivity contribution in [2.75, 3.05) is 6.54 Å². The molecular weight excluding hydrogens is 258 g/mol. The molecule has 100 valence electrons. The summed E-state index contributed by atoms with van der Waals surface area (Å²) in [7, 11) is -3.86. The molecule has 0 spiro atoms. The van der Waals surface area contributed by atoms with Crippen LogP contribution in [0.15, 0.2) is 17.0 Å². The normalized spacial score (nSPS) is 12.1. The Labute approximate surface area is 105 Å². The molecule has 1 aromatic heterocycles. The predicted molar refractivity (Wildman–Crippen MR) is 64.9 cm³/mol. The van der Waals surface area contributed by atoms with Crippen LogP contribution >= 0.6 is 0 Å². The molecule has 0 aromatic carbocycles. The third-order valence-electron chi connectivity index (χ3n) is 2.20. The molecule has 1 aromatic rings. The second-order valence-corrected chi connectivity index (χ2v) is 5.29. The summed E-state index contributed by atoms with van der Waals surface area (Å²) in [5.41, 5.74) is -0.294. The summed E-state index contributed by atoms with van der Waals surface area (Å²) in [6, 6.07) is 0. The molecule has 0 fully saturated rings. The van der Waals surface area contributed by atoms with Gasteiger partial charge >= 0.3 is 5.97 Å². The highest BCUT2D eigenvalue weighted by Gasteiger charge is 2.27. The van der Waals surface area contributed by atoms with E-state index < -0.39 is 21.7 Å². The SMILES string of the molecule is C/C=C/CCNS(=O)(=O)c1c(C(=O)O)n[nH]c1C. The van der Waals surface area contributed by atoms with E-state index in [4.69, 9.17) is 5.11 Å². The summed E-state index contributed by atoms with van der Waals surface area (Å²) < 4.78 is 26.2. The fourth-order valence-corrected chi connectivity index (χ4v) is 2.78. The number of aromatic nitrogens is 2. The van der Waals surface area contributed by atoms with Crippen LogP contribution < -0.4 is 4.72 Å². The number of hydrogen-bond acceptors (Lipinski definition) is 4. The number of sulfonamides is 1. The number of allylic oxidation sites excluding steroid dienone is 1. The average molecular weight is 273 g/mol. The van der Waals surface area contributed by atoms with E-state index in [1.807, 2.05) is 13.0 Å². The van der Waals surface area contributed by atoms with Gasteiger partial charge < -0.3 is 5.11 Å². The van der Waals surface area contributed by atoms with E-state index in [2.05, 4.69) is 14.9 Å². The molecule has 0 bridgehead atoms. The topological polar surface area (TPSA) is 112 Å². The predicted octanol–water partition coefficient (Wildman–Crippen LogP) is 0.661.